The largest absolute Gasteiger partial charge is 0.382 e. The second-order valence-corrected chi connectivity index (χ2v) is 9.17. The fourth-order valence-electron chi connectivity index (χ4n) is 5.72. The molecule has 0 radical (unpaired) electrons. The van der Waals surface area contributed by atoms with Crippen LogP contribution >= 0.6 is 0 Å². The van der Waals surface area contributed by atoms with E-state index in [4.69, 9.17) is 0 Å². The summed E-state index contributed by atoms with van der Waals surface area (Å²) in [6.07, 6.45) is -0.453. The molecule has 0 saturated heterocycles. The molecule has 2 aromatic carbocycles. The summed E-state index contributed by atoms with van der Waals surface area (Å²) in [6, 6.07) is 12.9. The van der Waals surface area contributed by atoms with E-state index in [9.17, 15) is 27.9 Å². The zero-order chi connectivity index (χ0) is 24.5. The van der Waals surface area contributed by atoms with Crippen molar-refractivity contribution in [2.45, 2.75) is 43.4 Å². The molecule has 6 rings (SSSR count). The van der Waals surface area contributed by atoms with Crippen LogP contribution in [0, 0.1) is 17.1 Å². The van der Waals surface area contributed by atoms with Gasteiger partial charge < -0.3 is 5.11 Å². The highest BCUT2D eigenvalue weighted by Crippen LogP contribution is 2.53. The first-order valence-corrected chi connectivity index (χ1v) is 11.3. The summed E-state index contributed by atoms with van der Waals surface area (Å²) in [4.78, 5) is 4.34. The minimum absolute atomic E-state index is 0.00253. The van der Waals surface area contributed by atoms with Gasteiger partial charge in [-0.2, -0.15) is 5.26 Å². The van der Waals surface area contributed by atoms with Crippen molar-refractivity contribution in [1.82, 2.24) is 9.38 Å². The van der Waals surface area contributed by atoms with E-state index in [0.29, 0.717) is 28.0 Å². The Morgan fingerprint density at radius 3 is 2.71 bits per heavy atom. The van der Waals surface area contributed by atoms with Crippen LogP contribution in [0.5, 0.6) is 0 Å². The number of hydrogen-bond donors (Lipinski definition) is 1. The van der Waals surface area contributed by atoms with Gasteiger partial charge in [0.05, 0.1) is 23.5 Å². The van der Waals surface area contributed by atoms with Crippen molar-refractivity contribution in [1.29, 1.82) is 5.26 Å². The van der Waals surface area contributed by atoms with Gasteiger partial charge in [-0.25, -0.2) is 22.5 Å². The van der Waals surface area contributed by atoms with E-state index in [2.05, 4.69) is 4.98 Å². The number of pyridine rings is 1. The molecule has 0 saturated carbocycles. The first kappa shape index (κ1) is 21.8. The lowest BCUT2D eigenvalue weighted by molar-refractivity contribution is -0.0966. The average Bonchev–Trinajstić information content (AvgIpc) is 3.37. The van der Waals surface area contributed by atoms with Crippen molar-refractivity contribution < 1.29 is 22.7 Å². The summed E-state index contributed by atoms with van der Waals surface area (Å²) >= 11 is 0. The smallest absolute Gasteiger partial charge is 0.281 e. The van der Waals surface area contributed by atoms with Gasteiger partial charge in [0.1, 0.15) is 23.7 Å². The molecule has 0 aliphatic heterocycles. The predicted molar refractivity (Wildman–Crippen MR) is 120 cm³/mol. The highest BCUT2D eigenvalue weighted by molar-refractivity contribution is 5.72. The summed E-state index contributed by atoms with van der Waals surface area (Å²) in [5.41, 5.74) is 2.96. The van der Waals surface area contributed by atoms with E-state index < -0.39 is 36.4 Å². The number of nitriles is 1. The maximum Gasteiger partial charge on any atom is 0.281 e. The van der Waals surface area contributed by atoms with Crippen molar-refractivity contribution in [2.24, 2.45) is 0 Å². The molecule has 0 spiro atoms. The highest BCUT2D eigenvalue weighted by atomic mass is 19.3. The van der Waals surface area contributed by atoms with Gasteiger partial charge in [0.2, 0.25) is 0 Å². The van der Waals surface area contributed by atoms with Crippen LogP contribution < -0.4 is 0 Å². The molecule has 4 aromatic rings. The van der Waals surface area contributed by atoms with Gasteiger partial charge in [0.15, 0.2) is 0 Å². The lowest BCUT2D eigenvalue weighted by Crippen LogP contribution is -2.22. The first-order valence-electron chi connectivity index (χ1n) is 11.3. The second kappa shape index (κ2) is 7.65. The number of aromatic nitrogens is 2. The molecule has 0 amide bonds. The van der Waals surface area contributed by atoms with Gasteiger partial charge in [0.25, 0.3) is 5.92 Å². The Bertz CT molecular complexity index is 1540. The van der Waals surface area contributed by atoms with Gasteiger partial charge in [-0.1, -0.05) is 18.2 Å². The average molecular weight is 477 g/mol. The van der Waals surface area contributed by atoms with E-state index >= 15 is 0 Å². The van der Waals surface area contributed by atoms with Gasteiger partial charge in [-0.3, -0.25) is 4.40 Å². The molecule has 2 heterocycles. The summed E-state index contributed by atoms with van der Waals surface area (Å²) in [6.45, 7) is 0. The van der Waals surface area contributed by atoms with Crippen molar-refractivity contribution in [2.75, 3.05) is 0 Å². The summed E-state index contributed by atoms with van der Waals surface area (Å²) in [5.74, 6) is -4.67. The third-order valence-corrected chi connectivity index (χ3v) is 7.24. The number of hydrogen-bond acceptors (Lipinski definition) is 3. The molecule has 0 bridgehead atoms. The van der Waals surface area contributed by atoms with Gasteiger partial charge in [0, 0.05) is 24.1 Å². The van der Waals surface area contributed by atoms with Crippen LogP contribution in [0.3, 0.4) is 0 Å². The highest BCUT2D eigenvalue weighted by Gasteiger charge is 2.50. The maximum atomic E-state index is 14.9. The minimum atomic E-state index is -3.39. The molecule has 2 aliphatic rings. The zero-order valence-corrected chi connectivity index (χ0v) is 18.4. The number of rotatable bonds is 2. The lowest BCUT2D eigenvalue weighted by atomic mass is 9.74. The third-order valence-electron chi connectivity index (χ3n) is 7.24. The van der Waals surface area contributed by atoms with E-state index in [-0.39, 0.29) is 35.1 Å². The number of halogens is 4. The number of fused-ring (bicyclic) bond motifs is 3. The third kappa shape index (κ3) is 3.18. The van der Waals surface area contributed by atoms with Crippen LogP contribution in [0.15, 0.2) is 54.9 Å². The van der Waals surface area contributed by atoms with Crippen LogP contribution in [0.1, 0.15) is 64.4 Å². The molecule has 1 N–H and O–H groups in total. The van der Waals surface area contributed by atoms with Crippen molar-refractivity contribution in [3.63, 3.8) is 0 Å². The Morgan fingerprint density at radius 2 is 1.91 bits per heavy atom. The fraction of sp³-hybridized carbons (Fsp3) is 0.259. The number of benzene rings is 2. The molecule has 3 atom stereocenters. The number of aliphatic hydroxyl groups is 1. The Labute approximate surface area is 198 Å². The zero-order valence-electron chi connectivity index (χ0n) is 18.4. The van der Waals surface area contributed by atoms with Crippen molar-refractivity contribution in [3.8, 4) is 17.3 Å². The first-order chi connectivity index (χ1) is 16.8. The molecular formula is C27H19F4N3O. The van der Waals surface area contributed by atoms with Crippen LogP contribution in [-0.2, 0) is 6.42 Å². The molecule has 4 nitrogen and oxygen atoms in total. The quantitative estimate of drug-likeness (QED) is 0.351. The Kier molecular flexibility index (Phi) is 4.77. The van der Waals surface area contributed by atoms with Crippen LogP contribution in [0.4, 0.5) is 17.6 Å². The van der Waals surface area contributed by atoms with Gasteiger partial charge >= 0.3 is 0 Å². The molecule has 176 valence electrons. The molecule has 0 unspecified atom stereocenters. The van der Waals surface area contributed by atoms with Gasteiger partial charge in [-0.15, -0.1) is 0 Å². The van der Waals surface area contributed by atoms with Crippen molar-refractivity contribution >= 4 is 5.65 Å². The van der Waals surface area contributed by atoms with E-state index in [0.717, 1.165) is 12.1 Å². The van der Waals surface area contributed by atoms with Crippen LogP contribution in [0.25, 0.3) is 16.9 Å². The van der Waals surface area contributed by atoms with Gasteiger partial charge in [-0.05, 0) is 64.9 Å². The van der Waals surface area contributed by atoms with Crippen LogP contribution in [-0.4, -0.2) is 20.4 Å². The number of aliphatic hydroxyl groups excluding tert-OH is 1. The minimum Gasteiger partial charge on any atom is -0.382 e. The SMILES string of the molecule is N#Cc1cc(F)cc2c1[C@@H](c1ccc(-c3cnc4ccccn34)c3c1CC(F)(F)[C@H]3O)CC[C@@H]2F. The molecule has 2 aromatic heterocycles. The lowest BCUT2D eigenvalue weighted by Gasteiger charge is -2.31. The number of imidazole rings is 1. The molecule has 2 aliphatic carbocycles. The Balaban J connectivity index is 1.60. The van der Waals surface area contributed by atoms with E-state index in [1.807, 2.05) is 12.1 Å². The fourth-order valence-corrected chi connectivity index (χ4v) is 5.72. The monoisotopic (exact) mass is 477 g/mol. The topological polar surface area (TPSA) is 61.3 Å². The second-order valence-electron chi connectivity index (χ2n) is 9.17. The number of alkyl halides is 3. The number of nitrogens with zero attached hydrogens (tertiary/aromatic N) is 3. The molecule has 35 heavy (non-hydrogen) atoms. The Morgan fingerprint density at radius 1 is 1.09 bits per heavy atom. The normalized spacial score (nSPS) is 22.6. The molecule has 0 fully saturated rings. The van der Waals surface area contributed by atoms with E-state index in [1.54, 1.807) is 41.1 Å². The summed E-state index contributed by atoms with van der Waals surface area (Å²) in [7, 11) is 0. The summed E-state index contributed by atoms with van der Waals surface area (Å²) < 4.78 is 60.5. The predicted octanol–water partition coefficient (Wildman–Crippen LogP) is 6.17. The maximum absolute atomic E-state index is 14.9. The molecular weight excluding hydrogens is 458 g/mol. The van der Waals surface area contributed by atoms with Crippen LogP contribution in [0.2, 0.25) is 0 Å². The van der Waals surface area contributed by atoms with E-state index in [1.165, 1.54) is 0 Å². The Hall–Kier alpha value is -3.70. The summed E-state index contributed by atoms with van der Waals surface area (Å²) in [5, 5.41) is 20.4. The standard InChI is InChI=1S/C27H19F4N3O/c28-15-9-14(12-32)24-17(6-7-21(29)19(24)10-15)16-4-5-18(25-20(16)11-27(30,31)26(25)35)22-13-33-23-3-1-2-8-34(22)23/h1-5,8-10,13,17,21,26,35H,6-7,11H2/t17-,21+,26+/m1/s1. The van der Waals surface area contributed by atoms with Crippen molar-refractivity contribution in [3.05, 3.63) is 94.1 Å². The molecule has 8 heteroatoms.